The van der Waals surface area contributed by atoms with Crippen molar-refractivity contribution in [1.82, 2.24) is 10.6 Å². The summed E-state index contributed by atoms with van der Waals surface area (Å²) < 4.78 is 71.2. The zero-order chi connectivity index (χ0) is 13.8. The molecule has 108 valence electrons. The molecule has 0 aromatic rings. The molecule has 1 fully saturated rings. The molecule has 0 saturated carbocycles. The minimum absolute atomic E-state index is 0.0417. The molecular weight excluding hydrogens is 276 g/mol. The van der Waals surface area contributed by atoms with Gasteiger partial charge in [-0.25, -0.2) is 17.2 Å². The van der Waals surface area contributed by atoms with E-state index in [1.165, 1.54) is 0 Å². The average molecular weight is 292 g/mol. The highest BCUT2D eigenvalue weighted by Gasteiger charge is 2.40. The van der Waals surface area contributed by atoms with Gasteiger partial charge in [-0.3, -0.25) is 0 Å². The first-order valence-corrected chi connectivity index (χ1v) is 7.35. The van der Waals surface area contributed by atoms with E-state index in [9.17, 15) is 26.0 Å². The first kappa shape index (κ1) is 15.6. The van der Waals surface area contributed by atoms with Crippen molar-refractivity contribution in [3.05, 3.63) is 0 Å². The SMILES string of the molecule is O=S1(=O)CCNC(CCNCC(F)(F)C(F)F)C1. The molecule has 4 nitrogen and oxygen atoms in total. The van der Waals surface area contributed by atoms with Gasteiger partial charge >= 0.3 is 12.3 Å². The maximum absolute atomic E-state index is 12.5. The molecule has 0 bridgehead atoms. The van der Waals surface area contributed by atoms with Gasteiger partial charge in [0.2, 0.25) is 0 Å². The average Bonchev–Trinajstić information content (AvgIpc) is 2.23. The van der Waals surface area contributed by atoms with E-state index in [1.807, 2.05) is 0 Å². The summed E-state index contributed by atoms with van der Waals surface area (Å²) in [6.45, 7) is -0.709. The first-order valence-electron chi connectivity index (χ1n) is 5.53. The topological polar surface area (TPSA) is 58.2 Å². The summed E-state index contributed by atoms with van der Waals surface area (Å²) in [7, 11) is -3.07. The Bertz CT molecular complexity index is 362. The highest BCUT2D eigenvalue weighted by atomic mass is 32.2. The molecule has 1 rings (SSSR count). The Morgan fingerprint density at radius 1 is 1.39 bits per heavy atom. The lowest BCUT2D eigenvalue weighted by molar-refractivity contribution is -0.125. The van der Waals surface area contributed by atoms with Gasteiger partial charge in [0.1, 0.15) is 0 Å². The van der Waals surface area contributed by atoms with Crippen LogP contribution in [0.1, 0.15) is 6.42 Å². The van der Waals surface area contributed by atoms with Crippen LogP contribution in [0.15, 0.2) is 0 Å². The Kier molecular flexibility index (Phi) is 5.35. The van der Waals surface area contributed by atoms with Crippen LogP contribution in [0, 0.1) is 0 Å². The van der Waals surface area contributed by atoms with E-state index >= 15 is 0 Å². The molecule has 2 N–H and O–H groups in total. The third kappa shape index (κ3) is 5.07. The Balaban J connectivity index is 2.22. The lowest BCUT2D eigenvalue weighted by atomic mass is 10.2. The van der Waals surface area contributed by atoms with Crippen LogP contribution in [-0.4, -0.2) is 57.9 Å². The fraction of sp³-hybridized carbons (Fsp3) is 1.00. The largest absolute Gasteiger partial charge is 0.319 e. The van der Waals surface area contributed by atoms with Gasteiger partial charge in [0, 0.05) is 12.6 Å². The van der Waals surface area contributed by atoms with E-state index in [1.54, 1.807) is 0 Å². The minimum Gasteiger partial charge on any atom is -0.312 e. The summed E-state index contributed by atoms with van der Waals surface area (Å²) in [5.41, 5.74) is 0. The van der Waals surface area contributed by atoms with Gasteiger partial charge < -0.3 is 10.6 Å². The molecule has 1 atom stereocenters. The van der Waals surface area contributed by atoms with E-state index in [-0.39, 0.29) is 24.1 Å². The lowest BCUT2D eigenvalue weighted by Crippen LogP contribution is -2.47. The Labute approximate surface area is 103 Å². The van der Waals surface area contributed by atoms with Crippen molar-refractivity contribution in [2.75, 3.05) is 31.1 Å². The molecule has 1 unspecified atom stereocenters. The van der Waals surface area contributed by atoms with E-state index in [2.05, 4.69) is 10.6 Å². The molecule has 1 aliphatic heterocycles. The Morgan fingerprint density at radius 3 is 2.61 bits per heavy atom. The van der Waals surface area contributed by atoms with Crippen LogP contribution < -0.4 is 10.6 Å². The zero-order valence-corrected chi connectivity index (χ0v) is 10.5. The third-order valence-electron chi connectivity index (χ3n) is 2.65. The van der Waals surface area contributed by atoms with E-state index in [4.69, 9.17) is 0 Å². The Morgan fingerprint density at radius 2 is 2.06 bits per heavy atom. The number of nitrogens with one attached hydrogen (secondary N) is 2. The molecule has 0 amide bonds. The first-order chi connectivity index (χ1) is 8.23. The predicted molar refractivity (Wildman–Crippen MR) is 58.9 cm³/mol. The highest BCUT2D eigenvalue weighted by Crippen LogP contribution is 2.21. The molecule has 1 saturated heterocycles. The summed E-state index contributed by atoms with van der Waals surface area (Å²) in [5, 5.41) is 5.16. The van der Waals surface area contributed by atoms with E-state index in [0.29, 0.717) is 13.0 Å². The fourth-order valence-electron chi connectivity index (χ4n) is 1.66. The number of sulfone groups is 1. The summed E-state index contributed by atoms with van der Waals surface area (Å²) in [6.07, 6.45) is -3.39. The van der Waals surface area contributed by atoms with Crippen molar-refractivity contribution in [3.63, 3.8) is 0 Å². The molecule has 1 aliphatic rings. The van der Waals surface area contributed by atoms with Crippen LogP contribution in [0.4, 0.5) is 17.6 Å². The summed E-state index contributed by atoms with van der Waals surface area (Å²) in [5.74, 6) is -4.02. The van der Waals surface area contributed by atoms with E-state index in [0.717, 1.165) is 0 Å². The van der Waals surface area contributed by atoms with Gasteiger partial charge in [0.05, 0.1) is 18.1 Å². The van der Waals surface area contributed by atoms with Crippen molar-refractivity contribution >= 4 is 9.84 Å². The minimum atomic E-state index is -4.05. The number of hydrogen-bond donors (Lipinski definition) is 2. The molecule has 0 aromatic carbocycles. The smallest absolute Gasteiger partial charge is 0.312 e. The standard InChI is InChI=1S/C9H16F4N2O2S/c10-8(11)9(12,13)6-14-2-1-7-5-18(16,17)4-3-15-7/h7-8,14-15H,1-6H2. The quantitative estimate of drug-likeness (QED) is 0.544. The van der Waals surface area contributed by atoms with Crippen molar-refractivity contribution in [2.24, 2.45) is 0 Å². The second kappa shape index (κ2) is 6.16. The van der Waals surface area contributed by atoms with E-state index < -0.39 is 28.7 Å². The normalized spacial score (nSPS) is 24.4. The van der Waals surface area contributed by atoms with Crippen molar-refractivity contribution in [3.8, 4) is 0 Å². The van der Waals surface area contributed by atoms with Gasteiger partial charge in [0.25, 0.3) is 0 Å². The van der Waals surface area contributed by atoms with Gasteiger partial charge in [-0.05, 0) is 13.0 Å². The predicted octanol–water partition coefficient (Wildman–Crippen LogP) is 0.253. The second-order valence-electron chi connectivity index (χ2n) is 4.29. The number of hydrogen-bond acceptors (Lipinski definition) is 4. The van der Waals surface area contributed by atoms with Gasteiger partial charge in [-0.1, -0.05) is 0 Å². The van der Waals surface area contributed by atoms with Gasteiger partial charge in [-0.2, -0.15) is 8.78 Å². The van der Waals surface area contributed by atoms with Crippen molar-refractivity contribution in [2.45, 2.75) is 24.8 Å². The fourth-order valence-corrected chi connectivity index (χ4v) is 3.15. The second-order valence-corrected chi connectivity index (χ2v) is 6.52. The van der Waals surface area contributed by atoms with Crippen LogP contribution in [-0.2, 0) is 9.84 Å². The monoisotopic (exact) mass is 292 g/mol. The number of halogens is 4. The maximum Gasteiger partial charge on any atom is 0.319 e. The van der Waals surface area contributed by atoms with Crippen LogP contribution in [0.25, 0.3) is 0 Å². The summed E-state index contributed by atoms with van der Waals surface area (Å²) in [4.78, 5) is 0. The van der Waals surface area contributed by atoms with Crippen LogP contribution in [0.5, 0.6) is 0 Å². The summed E-state index contributed by atoms with van der Waals surface area (Å²) in [6, 6.07) is -0.309. The Hall–Kier alpha value is -0.410. The molecule has 0 radical (unpaired) electrons. The summed E-state index contributed by atoms with van der Waals surface area (Å²) >= 11 is 0. The molecule has 1 heterocycles. The van der Waals surface area contributed by atoms with Crippen LogP contribution >= 0.6 is 0 Å². The number of rotatable bonds is 6. The third-order valence-corrected chi connectivity index (χ3v) is 4.39. The molecule has 9 heteroatoms. The molecule has 0 aromatic heterocycles. The van der Waals surface area contributed by atoms with Crippen molar-refractivity contribution in [1.29, 1.82) is 0 Å². The number of alkyl halides is 4. The van der Waals surface area contributed by atoms with Crippen LogP contribution in [0.3, 0.4) is 0 Å². The highest BCUT2D eigenvalue weighted by molar-refractivity contribution is 7.91. The zero-order valence-electron chi connectivity index (χ0n) is 9.63. The maximum atomic E-state index is 12.5. The van der Waals surface area contributed by atoms with Gasteiger partial charge in [0.15, 0.2) is 9.84 Å². The van der Waals surface area contributed by atoms with Crippen molar-refractivity contribution < 1.29 is 26.0 Å². The molecular formula is C9H16F4N2O2S. The lowest BCUT2D eigenvalue weighted by Gasteiger charge is -2.24. The molecule has 0 spiro atoms. The van der Waals surface area contributed by atoms with Gasteiger partial charge in [-0.15, -0.1) is 0 Å². The molecule has 18 heavy (non-hydrogen) atoms. The molecule has 0 aliphatic carbocycles. The van der Waals surface area contributed by atoms with Crippen LogP contribution in [0.2, 0.25) is 0 Å².